The molecule has 0 aliphatic carbocycles. The molecule has 2 N–H and O–H groups in total. The highest BCUT2D eigenvalue weighted by Gasteiger charge is 2.27. The first kappa shape index (κ1) is 13.7. The summed E-state index contributed by atoms with van der Waals surface area (Å²) in [4.78, 5) is 13.6. The monoisotopic (exact) mass is 274 g/mol. The number of benzene rings is 1. The highest BCUT2D eigenvalue weighted by Crippen LogP contribution is 2.18. The lowest BCUT2D eigenvalue weighted by atomic mass is 10.1. The summed E-state index contributed by atoms with van der Waals surface area (Å²) in [6, 6.07) is 4.75. The highest BCUT2D eigenvalue weighted by molar-refractivity contribution is 5.75. The molecular weight excluding hydrogens is 261 g/mol. The number of para-hydroxylation sites is 1. The third kappa shape index (κ3) is 3.60. The van der Waals surface area contributed by atoms with E-state index in [0.29, 0.717) is 23.1 Å². The van der Waals surface area contributed by atoms with E-state index in [-0.39, 0.29) is 6.04 Å². The molecule has 1 aromatic heterocycles. The van der Waals surface area contributed by atoms with E-state index in [1.807, 2.05) is 0 Å². The molecule has 19 heavy (non-hydrogen) atoms. The Balaban J connectivity index is 2.10. The average Bonchev–Trinajstić information content (AvgIpc) is 2.67. The average molecular weight is 274 g/mol. The van der Waals surface area contributed by atoms with Gasteiger partial charge in [-0.05, 0) is 25.0 Å². The molecule has 2 rings (SSSR count). The van der Waals surface area contributed by atoms with Crippen molar-refractivity contribution < 1.29 is 17.6 Å². The molecule has 1 atom stereocenters. The maximum atomic E-state index is 12.1. The number of oxazole rings is 1. The van der Waals surface area contributed by atoms with Crippen LogP contribution in [0.1, 0.15) is 12.5 Å². The van der Waals surface area contributed by atoms with Gasteiger partial charge in [-0.1, -0.05) is 12.1 Å². The summed E-state index contributed by atoms with van der Waals surface area (Å²) in [7, 11) is 0. The number of hydrogen-bond donors (Lipinski definition) is 2. The summed E-state index contributed by atoms with van der Waals surface area (Å²) >= 11 is 0. The molecule has 104 valence electrons. The molecular formula is C12H13F3N2O2. The first-order valence-electron chi connectivity index (χ1n) is 5.76. The van der Waals surface area contributed by atoms with Crippen molar-refractivity contribution in [2.24, 2.45) is 0 Å². The van der Waals surface area contributed by atoms with Gasteiger partial charge >= 0.3 is 11.9 Å². The molecule has 7 heteroatoms. The summed E-state index contributed by atoms with van der Waals surface area (Å²) in [6.07, 6.45) is -3.89. The second kappa shape index (κ2) is 5.08. The van der Waals surface area contributed by atoms with E-state index < -0.39 is 18.5 Å². The second-order valence-electron chi connectivity index (χ2n) is 4.41. The summed E-state index contributed by atoms with van der Waals surface area (Å²) in [5.74, 6) is -0.571. The Hall–Kier alpha value is -1.76. The second-order valence-corrected chi connectivity index (χ2v) is 4.41. The predicted octanol–water partition coefficient (Wildman–Crippen LogP) is 2.20. The zero-order valence-electron chi connectivity index (χ0n) is 10.2. The SMILES string of the molecule is CC(Cc1cccc2[nH]c(=O)oc12)NCC(F)(F)F. The molecule has 0 fully saturated rings. The standard InChI is InChI=1S/C12H13F3N2O2/c1-7(16-6-12(13,14)15)5-8-3-2-4-9-10(8)19-11(18)17-9/h2-4,7,16H,5-6H2,1H3,(H,17,18). The fourth-order valence-corrected chi connectivity index (χ4v) is 1.88. The first-order chi connectivity index (χ1) is 8.85. The van der Waals surface area contributed by atoms with Crippen molar-refractivity contribution >= 4 is 11.1 Å². The van der Waals surface area contributed by atoms with Gasteiger partial charge in [-0.25, -0.2) is 4.79 Å². The Morgan fingerprint density at radius 1 is 1.42 bits per heavy atom. The van der Waals surface area contributed by atoms with Crippen LogP contribution in [0.3, 0.4) is 0 Å². The minimum Gasteiger partial charge on any atom is -0.408 e. The molecule has 0 aliphatic heterocycles. The van der Waals surface area contributed by atoms with E-state index in [9.17, 15) is 18.0 Å². The van der Waals surface area contributed by atoms with Gasteiger partial charge in [0.1, 0.15) is 0 Å². The molecule has 1 aromatic carbocycles. The van der Waals surface area contributed by atoms with Crippen LogP contribution in [0.4, 0.5) is 13.2 Å². The molecule has 0 bridgehead atoms. The lowest BCUT2D eigenvalue weighted by Crippen LogP contribution is -2.36. The summed E-state index contributed by atoms with van der Waals surface area (Å²) < 4.78 is 41.2. The lowest BCUT2D eigenvalue weighted by molar-refractivity contribution is -0.126. The van der Waals surface area contributed by atoms with E-state index in [2.05, 4.69) is 10.3 Å². The predicted molar refractivity (Wildman–Crippen MR) is 64.1 cm³/mol. The minimum atomic E-state index is -4.24. The molecule has 1 unspecified atom stereocenters. The molecule has 0 saturated carbocycles. The van der Waals surface area contributed by atoms with Gasteiger partial charge in [0.05, 0.1) is 12.1 Å². The molecule has 0 spiro atoms. The number of hydrogen-bond acceptors (Lipinski definition) is 3. The Morgan fingerprint density at radius 3 is 2.84 bits per heavy atom. The van der Waals surface area contributed by atoms with Gasteiger partial charge in [-0.15, -0.1) is 0 Å². The van der Waals surface area contributed by atoms with Gasteiger partial charge in [-0.3, -0.25) is 4.98 Å². The zero-order valence-corrected chi connectivity index (χ0v) is 10.2. The maximum Gasteiger partial charge on any atom is 0.417 e. The summed E-state index contributed by atoms with van der Waals surface area (Å²) in [6.45, 7) is 0.608. The molecule has 2 aromatic rings. The number of aromatic nitrogens is 1. The molecule has 0 aliphatic rings. The van der Waals surface area contributed by atoms with Crippen molar-refractivity contribution in [2.45, 2.75) is 25.6 Å². The summed E-state index contributed by atoms with van der Waals surface area (Å²) in [5, 5.41) is 2.39. The third-order valence-corrected chi connectivity index (χ3v) is 2.71. The molecule has 0 radical (unpaired) electrons. The van der Waals surface area contributed by atoms with E-state index in [4.69, 9.17) is 4.42 Å². The van der Waals surface area contributed by atoms with E-state index in [1.54, 1.807) is 25.1 Å². The van der Waals surface area contributed by atoms with Crippen molar-refractivity contribution in [1.29, 1.82) is 0 Å². The maximum absolute atomic E-state index is 12.1. The Labute approximate surface area is 106 Å². The van der Waals surface area contributed by atoms with Crippen LogP contribution in [-0.4, -0.2) is 23.7 Å². The first-order valence-corrected chi connectivity index (χ1v) is 5.76. The van der Waals surface area contributed by atoms with Gasteiger partial charge in [0, 0.05) is 6.04 Å². The highest BCUT2D eigenvalue weighted by atomic mass is 19.4. The third-order valence-electron chi connectivity index (χ3n) is 2.71. The van der Waals surface area contributed by atoms with Crippen molar-refractivity contribution in [3.63, 3.8) is 0 Å². The number of fused-ring (bicyclic) bond motifs is 1. The smallest absolute Gasteiger partial charge is 0.408 e. The normalized spacial score (nSPS) is 13.9. The lowest BCUT2D eigenvalue weighted by Gasteiger charge is -2.15. The van der Waals surface area contributed by atoms with Crippen LogP contribution in [0.25, 0.3) is 11.1 Å². The van der Waals surface area contributed by atoms with E-state index >= 15 is 0 Å². The zero-order chi connectivity index (χ0) is 14.0. The van der Waals surface area contributed by atoms with Crippen LogP contribution in [0.15, 0.2) is 27.4 Å². The van der Waals surface area contributed by atoms with Crippen LogP contribution in [0.2, 0.25) is 0 Å². The quantitative estimate of drug-likeness (QED) is 0.898. The Bertz CT molecular complexity index is 615. The number of nitrogens with one attached hydrogen (secondary N) is 2. The van der Waals surface area contributed by atoms with Crippen molar-refractivity contribution in [1.82, 2.24) is 10.3 Å². The van der Waals surface area contributed by atoms with Crippen molar-refractivity contribution in [3.8, 4) is 0 Å². The fourth-order valence-electron chi connectivity index (χ4n) is 1.88. The number of halogens is 3. The minimum absolute atomic E-state index is 0.341. The number of alkyl halides is 3. The molecule has 0 saturated heterocycles. The molecule has 0 amide bonds. The van der Waals surface area contributed by atoms with Crippen LogP contribution >= 0.6 is 0 Å². The van der Waals surface area contributed by atoms with Crippen LogP contribution in [-0.2, 0) is 6.42 Å². The van der Waals surface area contributed by atoms with Gasteiger partial charge in [0.15, 0.2) is 5.58 Å². The topological polar surface area (TPSA) is 58.0 Å². The van der Waals surface area contributed by atoms with E-state index in [1.165, 1.54) is 0 Å². The Morgan fingerprint density at radius 2 is 2.16 bits per heavy atom. The van der Waals surface area contributed by atoms with Crippen LogP contribution in [0, 0.1) is 0 Å². The van der Waals surface area contributed by atoms with Gasteiger partial charge in [-0.2, -0.15) is 13.2 Å². The molecule has 1 heterocycles. The van der Waals surface area contributed by atoms with Crippen LogP contribution < -0.4 is 11.1 Å². The molecule has 4 nitrogen and oxygen atoms in total. The van der Waals surface area contributed by atoms with Crippen LogP contribution in [0.5, 0.6) is 0 Å². The van der Waals surface area contributed by atoms with Gasteiger partial charge in [0.25, 0.3) is 0 Å². The van der Waals surface area contributed by atoms with E-state index in [0.717, 1.165) is 0 Å². The fraction of sp³-hybridized carbons (Fsp3) is 0.417. The number of aromatic amines is 1. The Kier molecular flexibility index (Phi) is 3.66. The van der Waals surface area contributed by atoms with Crippen molar-refractivity contribution in [2.75, 3.05) is 6.54 Å². The van der Waals surface area contributed by atoms with Gasteiger partial charge < -0.3 is 9.73 Å². The van der Waals surface area contributed by atoms with Crippen molar-refractivity contribution in [3.05, 3.63) is 34.3 Å². The largest absolute Gasteiger partial charge is 0.417 e. The summed E-state index contributed by atoms with van der Waals surface area (Å²) in [5.41, 5.74) is 1.64. The number of rotatable bonds is 4. The number of H-pyrrole nitrogens is 1. The van der Waals surface area contributed by atoms with Gasteiger partial charge in [0.2, 0.25) is 0 Å².